The Morgan fingerprint density at radius 3 is 2.50 bits per heavy atom. The van der Waals surface area contributed by atoms with Crippen molar-refractivity contribution in [2.75, 3.05) is 33.9 Å². The number of nitrogens with one attached hydrogen (secondary N) is 1. The van der Waals surface area contributed by atoms with E-state index in [2.05, 4.69) is 5.32 Å². The van der Waals surface area contributed by atoms with E-state index in [1.54, 1.807) is 53.4 Å². The molecule has 9 heteroatoms. The maximum atomic E-state index is 12.8. The molecule has 2 aliphatic rings. The molecule has 2 aromatic rings. The second-order valence-corrected chi connectivity index (χ2v) is 9.29. The number of para-hydroxylation sites is 2. The Hall–Kier alpha value is -3.07. The normalized spacial score (nSPS) is 19.1. The predicted molar refractivity (Wildman–Crippen MR) is 114 cm³/mol. The summed E-state index contributed by atoms with van der Waals surface area (Å²) in [7, 11) is -3.50. The molecule has 0 aliphatic carbocycles. The molecule has 2 heterocycles. The highest BCUT2D eigenvalue weighted by molar-refractivity contribution is 7.92. The Kier molecular flexibility index (Phi) is 5.38. The van der Waals surface area contributed by atoms with E-state index in [-0.39, 0.29) is 24.8 Å². The minimum absolute atomic E-state index is 0.104. The molecule has 1 N–H and O–H groups in total. The summed E-state index contributed by atoms with van der Waals surface area (Å²) in [4.78, 5) is 26.4. The number of carbonyl (C=O) groups is 2. The van der Waals surface area contributed by atoms with E-state index < -0.39 is 16.1 Å². The third-order valence-electron chi connectivity index (χ3n) is 5.21. The molecule has 0 spiro atoms. The molecule has 158 valence electrons. The lowest BCUT2D eigenvalue weighted by molar-refractivity contribution is -0.122. The topological polar surface area (TPSA) is 96.0 Å². The Labute approximate surface area is 175 Å². The van der Waals surface area contributed by atoms with Crippen molar-refractivity contribution >= 4 is 38.9 Å². The molecule has 0 bridgehead atoms. The van der Waals surface area contributed by atoms with E-state index in [0.717, 1.165) is 18.4 Å². The number of nitrogens with zero attached hydrogens (tertiary/aromatic N) is 2. The molecule has 0 saturated carbocycles. The van der Waals surface area contributed by atoms with Crippen molar-refractivity contribution in [3.05, 3.63) is 48.5 Å². The Bertz CT molecular complexity index is 1070. The van der Waals surface area contributed by atoms with Crippen LogP contribution in [0.4, 0.5) is 17.1 Å². The lowest BCUT2D eigenvalue weighted by Crippen LogP contribution is -2.36. The zero-order valence-corrected chi connectivity index (χ0v) is 17.4. The van der Waals surface area contributed by atoms with E-state index in [9.17, 15) is 18.0 Å². The molecule has 0 radical (unpaired) electrons. The van der Waals surface area contributed by atoms with E-state index in [1.807, 2.05) is 0 Å². The Morgan fingerprint density at radius 2 is 1.83 bits per heavy atom. The maximum Gasteiger partial charge on any atom is 0.265 e. The molecular formula is C21H23N3O5S. The molecule has 4 rings (SSSR count). The van der Waals surface area contributed by atoms with Gasteiger partial charge in [-0.05, 0) is 42.8 Å². The van der Waals surface area contributed by atoms with E-state index in [0.29, 0.717) is 30.1 Å². The summed E-state index contributed by atoms with van der Waals surface area (Å²) in [5.74, 6) is 0.0985. The first-order chi connectivity index (χ1) is 14.3. The summed E-state index contributed by atoms with van der Waals surface area (Å²) >= 11 is 0. The first-order valence-electron chi connectivity index (χ1n) is 9.77. The van der Waals surface area contributed by atoms with Gasteiger partial charge in [-0.1, -0.05) is 12.1 Å². The van der Waals surface area contributed by atoms with Crippen LogP contribution in [0.25, 0.3) is 0 Å². The molecule has 1 fully saturated rings. The van der Waals surface area contributed by atoms with Gasteiger partial charge in [0.05, 0.1) is 11.9 Å². The van der Waals surface area contributed by atoms with Crippen LogP contribution in [0.15, 0.2) is 48.5 Å². The average Bonchev–Trinajstić information content (AvgIpc) is 3.03. The van der Waals surface area contributed by atoms with Crippen LogP contribution in [-0.4, -0.2) is 45.7 Å². The van der Waals surface area contributed by atoms with Crippen molar-refractivity contribution in [3.8, 4) is 5.75 Å². The third-order valence-corrected chi connectivity index (χ3v) is 6.39. The molecule has 8 nitrogen and oxygen atoms in total. The lowest BCUT2D eigenvalue weighted by Gasteiger charge is -2.20. The summed E-state index contributed by atoms with van der Waals surface area (Å²) < 4.78 is 31.5. The maximum absolute atomic E-state index is 12.8. The van der Waals surface area contributed by atoms with Crippen LogP contribution in [0.3, 0.4) is 0 Å². The molecule has 2 aliphatic heterocycles. The summed E-state index contributed by atoms with van der Waals surface area (Å²) in [5.41, 5.74) is 1.81. The number of hydrogen-bond acceptors (Lipinski definition) is 5. The fourth-order valence-electron chi connectivity index (χ4n) is 3.73. The van der Waals surface area contributed by atoms with Gasteiger partial charge in [-0.15, -0.1) is 0 Å². The van der Waals surface area contributed by atoms with Gasteiger partial charge in [-0.2, -0.15) is 0 Å². The van der Waals surface area contributed by atoms with Crippen LogP contribution in [0.5, 0.6) is 5.75 Å². The number of benzene rings is 2. The van der Waals surface area contributed by atoms with Crippen LogP contribution < -0.4 is 19.3 Å². The zero-order chi connectivity index (χ0) is 21.3. The number of anilines is 3. The fraction of sp³-hybridized carbons (Fsp3) is 0.333. The molecular weight excluding hydrogens is 406 g/mol. The third kappa shape index (κ3) is 4.11. The number of sulfonamides is 1. The SMILES string of the molecule is CS(=O)(=O)N1CCC(C(=O)Nc2ccc(N3CCCC3=O)cc2)Oc2ccccc21. The Balaban J connectivity index is 1.48. The largest absolute Gasteiger partial charge is 0.478 e. The summed E-state index contributed by atoms with van der Waals surface area (Å²) in [6, 6.07) is 13.9. The molecule has 1 saturated heterocycles. The number of amides is 2. The highest BCUT2D eigenvalue weighted by atomic mass is 32.2. The second kappa shape index (κ2) is 7.98. The van der Waals surface area contributed by atoms with Crippen molar-refractivity contribution in [2.45, 2.75) is 25.4 Å². The first kappa shape index (κ1) is 20.2. The number of hydrogen-bond donors (Lipinski definition) is 1. The zero-order valence-electron chi connectivity index (χ0n) is 16.6. The smallest absolute Gasteiger partial charge is 0.265 e. The van der Waals surface area contributed by atoms with Crippen molar-refractivity contribution in [1.29, 1.82) is 0 Å². The molecule has 2 amide bonds. The highest BCUT2D eigenvalue weighted by Crippen LogP contribution is 2.34. The van der Waals surface area contributed by atoms with Gasteiger partial charge < -0.3 is 15.0 Å². The van der Waals surface area contributed by atoms with Gasteiger partial charge in [0, 0.05) is 37.3 Å². The quantitative estimate of drug-likeness (QED) is 0.805. The van der Waals surface area contributed by atoms with Crippen LogP contribution in [0.1, 0.15) is 19.3 Å². The van der Waals surface area contributed by atoms with Crippen molar-refractivity contribution in [2.24, 2.45) is 0 Å². The van der Waals surface area contributed by atoms with Crippen LogP contribution >= 0.6 is 0 Å². The van der Waals surface area contributed by atoms with Gasteiger partial charge in [0.25, 0.3) is 5.91 Å². The highest BCUT2D eigenvalue weighted by Gasteiger charge is 2.31. The molecule has 30 heavy (non-hydrogen) atoms. The number of carbonyl (C=O) groups excluding carboxylic acids is 2. The number of fused-ring (bicyclic) bond motifs is 1. The lowest BCUT2D eigenvalue weighted by atomic mass is 10.2. The van der Waals surface area contributed by atoms with E-state index in [4.69, 9.17) is 4.74 Å². The van der Waals surface area contributed by atoms with Gasteiger partial charge in [0.2, 0.25) is 15.9 Å². The number of rotatable bonds is 4. The van der Waals surface area contributed by atoms with E-state index >= 15 is 0 Å². The fourth-order valence-corrected chi connectivity index (χ4v) is 4.67. The van der Waals surface area contributed by atoms with Gasteiger partial charge in [0.1, 0.15) is 5.75 Å². The summed E-state index contributed by atoms with van der Waals surface area (Å²) in [6.45, 7) is 0.848. The van der Waals surface area contributed by atoms with Gasteiger partial charge in [-0.3, -0.25) is 13.9 Å². The van der Waals surface area contributed by atoms with Crippen molar-refractivity contribution in [1.82, 2.24) is 0 Å². The van der Waals surface area contributed by atoms with Gasteiger partial charge in [0.15, 0.2) is 6.10 Å². The first-order valence-corrected chi connectivity index (χ1v) is 11.6. The molecule has 0 aromatic heterocycles. The number of ether oxygens (including phenoxy) is 1. The predicted octanol–water partition coefficient (Wildman–Crippen LogP) is 2.37. The van der Waals surface area contributed by atoms with Crippen LogP contribution in [0.2, 0.25) is 0 Å². The van der Waals surface area contributed by atoms with Gasteiger partial charge >= 0.3 is 0 Å². The average molecular weight is 429 g/mol. The van der Waals surface area contributed by atoms with E-state index in [1.165, 1.54) is 4.31 Å². The summed E-state index contributed by atoms with van der Waals surface area (Å²) in [6.07, 6.45) is 1.93. The van der Waals surface area contributed by atoms with Gasteiger partial charge in [-0.25, -0.2) is 8.42 Å². The standard InChI is InChI=1S/C21H23N3O5S/c1-30(27,28)24-14-12-19(29-18-6-3-2-5-17(18)24)21(26)22-15-8-10-16(11-9-15)23-13-4-7-20(23)25/h2-3,5-6,8-11,19H,4,7,12-14H2,1H3,(H,22,26). The minimum Gasteiger partial charge on any atom is -0.478 e. The molecule has 1 unspecified atom stereocenters. The van der Waals surface area contributed by atoms with Crippen LogP contribution in [-0.2, 0) is 19.6 Å². The minimum atomic E-state index is -3.50. The molecule has 1 atom stereocenters. The monoisotopic (exact) mass is 429 g/mol. The van der Waals surface area contributed by atoms with Crippen molar-refractivity contribution < 1.29 is 22.7 Å². The second-order valence-electron chi connectivity index (χ2n) is 7.38. The van der Waals surface area contributed by atoms with Crippen molar-refractivity contribution in [3.63, 3.8) is 0 Å². The summed E-state index contributed by atoms with van der Waals surface area (Å²) in [5, 5.41) is 2.82. The van der Waals surface area contributed by atoms with Crippen LogP contribution in [0, 0.1) is 0 Å². The Morgan fingerprint density at radius 1 is 1.10 bits per heavy atom. The molecule has 2 aromatic carbocycles.